The molecule has 6 aromatic rings. The van der Waals surface area contributed by atoms with Gasteiger partial charge in [-0.25, -0.2) is 9.98 Å². The van der Waals surface area contributed by atoms with Crippen molar-refractivity contribution in [2.45, 2.75) is 118 Å². The SMILES string of the molecule is CC/C=C1/N=C(\c2ccccc2C)Nc2cc([nH]n2)C/C=C\CCCCCOc2ccccc2CN1.CCOC.CN=C1/C=C(\C)C/C=C\CCCCCOc2ccccc2CNc2nc(c3ccccc3n2)N1.[B]C. The Bertz CT molecular complexity index is 2830. The first kappa shape index (κ1) is 59.4. The van der Waals surface area contributed by atoms with Crippen molar-refractivity contribution in [3.8, 4) is 11.5 Å². The molecule has 0 saturated carbocycles. The van der Waals surface area contributed by atoms with Crippen molar-refractivity contribution in [1.82, 2.24) is 25.5 Å². The topological polar surface area (TPSA) is 155 Å². The van der Waals surface area contributed by atoms with Crippen LogP contribution in [0.2, 0.25) is 6.82 Å². The van der Waals surface area contributed by atoms with E-state index in [0.29, 0.717) is 19.0 Å². The minimum atomic E-state index is 0.560. The zero-order chi connectivity index (χ0) is 54.0. The Hall–Kier alpha value is -7.45. The maximum Gasteiger partial charge on any atom is 0.225 e. The Kier molecular flexibility index (Phi) is 27.3. The molecule has 2 aliphatic rings. The molecule has 2 aromatic heterocycles. The number of fused-ring (bicyclic) bond motifs is 8. The third kappa shape index (κ3) is 20.7. The van der Waals surface area contributed by atoms with Gasteiger partial charge in [-0.3, -0.25) is 10.1 Å². The van der Waals surface area contributed by atoms with Gasteiger partial charge in [0, 0.05) is 74.1 Å². The van der Waals surface area contributed by atoms with Crippen LogP contribution in [0.4, 0.5) is 17.6 Å². The van der Waals surface area contributed by atoms with Crippen molar-refractivity contribution < 1.29 is 14.2 Å². The van der Waals surface area contributed by atoms with Crippen LogP contribution >= 0.6 is 0 Å². The number of benzene rings is 4. The fraction of sp³-hybridized carbons (Fsp3) is 0.371. The molecule has 5 N–H and O–H groups in total. The van der Waals surface area contributed by atoms with Gasteiger partial charge in [0.05, 0.1) is 26.6 Å². The van der Waals surface area contributed by atoms with Gasteiger partial charge in [-0.05, 0) is 127 Å². The van der Waals surface area contributed by atoms with Gasteiger partial charge in [-0.1, -0.05) is 116 Å². The number of H-pyrrole nitrogens is 1. The van der Waals surface area contributed by atoms with E-state index in [-0.39, 0.29) is 0 Å². The van der Waals surface area contributed by atoms with Gasteiger partial charge in [-0.15, -0.1) is 0 Å². The normalized spacial score (nSPS) is 18.2. The first-order chi connectivity index (χ1) is 37.4. The van der Waals surface area contributed by atoms with Gasteiger partial charge >= 0.3 is 0 Å². The summed E-state index contributed by atoms with van der Waals surface area (Å²) in [5, 5.41) is 22.4. The van der Waals surface area contributed by atoms with Gasteiger partial charge in [0.25, 0.3) is 0 Å². The van der Waals surface area contributed by atoms with E-state index in [0.717, 1.165) is 157 Å². The van der Waals surface area contributed by atoms with Crippen LogP contribution in [0.1, 0.15) is 113 Å². The van der Waals surface area contributed by atoms with E-state index in [2.05, 4.69) is 143 Å². The fourth-order valence-electron chi connectivity index (χ4n) is 8.04. The second kappa shape index (κ2) is 34.9. The van der Waals surface area contributed by atoms with E-state index >= 15 is 0 Å². The zero-order valence-electron chi connectivity index (χ0n) is 46.1. The first-order valence-electron chi connectivity index (χ1n) is 27.0. The van der Waals surface area contributed by atoms with Crippen molar-refractivity contribution in [1.29, 1.82) is 0 Å². The van der Waals surface area contributed by atoms with Crippen molar-refractivity contribution in [2.24, 2.45) is 9.98 Å². The van der Waals surface area contributed by atoms with Crippen LogP contribution in [0, 0.1) is 6.92 Å². The molecule has 0 aliphatic carbocycles. The van der Waals surface area contributed by atoms with Crippen LogP contribution in [-0.4, -0.2) is 73.7 Å². The lowest BCUT2D eigenvalue weighted by Crippen LogP contribution is -2.20. The number of aryl methyl sites for hydroxylation is 1. The second-order valence-electron chi connectivity index (χ2n) is 18.1. The average Bonchev–Trinajstić information content (AvgIpc) is 3.90. The summed E-state index contributed by atoms with van der Waals surface area (Å²) in [6.07, 6.45) is 24.7. The molecule has 0 fully saturated rings. The van der Waals surface area contributed by atoms with Crippen LogP contribution in [0.15, 0.2) is 161 Å². The summed E-state index contributed by atoms with van der Waals surface area (Å²) in [5.74, 6) is 6.22. The quantitative estimate of drug-likeness (QED) is 0.0855. The number of nitrogens with zero attached hydrogens (tertiary/aromatic N) is 5. The maximum absolute atomic E-state index is 6.15. The van der Waals surface area contributed by atoms with E-state index in [4.69, 9.17) is 24.4 Å². The highest BCUT2D eigenvalue weighted by atomic mass is 16.5. The lowest BCUT2D eigenvalue weighted by atomic mass is 10.1. The number of nitrogens with one attached hydrogen (secondary N) is 5. The largest absolute Gasteiger partial charge is 0.493 e. The Morgan fingerprint density at radius 2 is 1.32 bits per heavy atom. The van der Waals surface area contributed by atoms with Gasteiger partial charge in [0.1, 0.15) is 34.8 Å². The number of aromatic nitrogens is 4. The van der Waals surface area contributed by atoms with Gasteiger partial charge in [-0.2, -0.15) is 10.1 Å². The summed E-state index contributed by atoms with van der Waals surface area (Å²) in [7, 11) is 7.97. The number of hydrogen-bond acceptors (Lipinski definition) is 11. The number of allylic oxidation sites excluding steroid dienone is 6. The summed E-state index contributed by atoms with van der Waals surface area (Å²) < 4.78 is 16.8. The van der Waals surface area contributed by atoms with E-state index < -0.39 is 0 Å². The first-order valence-corrected chi connectivity index (χ1v) is 27.0. The average molecular weight is 1030 g/mol. The van der Waals surface area contributed by atoms with Crippen molar-refractivity contribution >= 4 is 48.0 Å². The van der Waals surface area contributed by atoms with Crippen LogP contribution < -0.4 is 30.7 Å². The molecule has 4 heterocycles. The molecule has 2 aliphatic heterocycles. The highest BCUT2D eigenvalue weighted by Gasteiger charge is 2.14. The highest BCUT2D eigenvalue weighted by molar-refractivity contribution is 6.09. The summed E-state index contributed by atoms with van der Waals surface area (Å²) in [4.78, 5) is 19.0. The van der Waals surface area contributed by atoms with Crippen LogP contribution in [0.5, 0.6) is 11.5 Å². The Labute approximate surface area is 454 Å². The minimum Gasteiger partial charge on any atom is -0.493 e. The van der Waals surface area contributed by atoms with Crippen LogP contribution in [-0.2, 0) is 24.2 Å². The third-order valence-corrected chi connectivity index (χ3v) is 12.2. The summed E-state index contributed by atoms with van der Waals surface area (Å²) in [5.41, 5.74) is 7.56. The molecule has 2 radical (unpaired) electrons. The molecule has 0 amide bonds. The monoisotopic (exact) mass is 1020 g/mol. The third-order valence-electron chi connectivity index (χ3n) is 12.2. The van der Waals surface area contributed by atoms with E-state index in [9.17, 15) is 0 Å². The smallest absolute Gasteiger partial charge is 0.225 e. The van der Waals surface area contributed by atoms with Crippen molar-refractivity contribution in [3.05, 3.63) is 179 Å². The predicted octanol–water partition coefficient (Wildman–Crippen LogP) is 14.1. The van der Waals surface area contributed by atoms with Gasteiger partial charge in [0.2, 0.25) is 5.95 Å². The molecular weight excluding hydrogens is 944 g/mol. The van der Waals surface area contributed by atoms with Gasteiger partial charge in [0.15, 0.2) is 5.82 Å². The molecule has 400 valence electrons. The number of para-hydroxylation sites is 3. The molecule has 76 heavy (non-hydrogen) atoms. The molecule has 0 saturated heterocycles. The fourth-order valence-corrected chi connectivity index (χ4v) is 8.04. The van der Waals surface area contributed by atoms with Crippen LogP contribution in [0.3, 0.4) is 0 Å². The number of aliphatic imine (C=N–C) groups is 2. The molecule has 13 nitrogen and oxygen atoms in total. The molecular formula is C62H81BN10O3. The number of hydrogen-bond donors (Lipinski definition) is 5. The molecule has 0 atom stereocenters. The molecule has 8 rings (SSSR count). The highest BCUT2D eigenvalue weighted by Crippen LogP contribution is 2.25. The lowest BCUT2D eigenvalue weighted by molar-refractivity contribution is 0.215. The molecule has 0 spiro atoms. The van der Waals surface area contributed by atoms with E-state index in [1.807, 2.05) is 73.7 Å². The summed E-state index contributed by atoms with van der Waals surface area (Å²) in [6, 6.07) is 34.7. The maximum atomic E-state index is 6.15. The van der Waals surface area contributed by atoms with E-state index in [1.54, 1.807) is 14.2 Å². The Morgan fingerprint density at radius 3 is 1.97 bits per heavy atom. The number of anilines is 3. The standard InChI is InChI=1S/C30H37N5O.C28H33N5O.C3H8O.CH3B/c1-3-14-28-31-22-24-16-10-12-19-27(24)36-20-13-7-5-4-6-8-17-25-21-29(35-34-25)33-30(32-28)26-18-11-9-15-23(26)2;1-21-13-7-5-3-4-6-12-18-34-25-17-11-8-14-22(25)20-30-28-31-24-16-10-9-15-23(24)27(33-28)32-26(19-21)29-2;1-3-4-2;1-2/h6,8-12,14-16,18-19,21,31H,3-5,7,13,17,20,22H2,1-2H3,(H2,32,33,34,35);5,7-11,14-17,19H,3-4,6,12-13,18,20H2,1-2H3,(H2,29,30,31,32,33);3H2,1-2H3;1H3/b8-6-,28-14+;7-5-,21-19+;;. The number of ether oxygens (including phenoxy) is 3. The van der Waals surface area contributed by atoms with Crippen molar-refractivity contribution in [3.63, 3.8) is 0 Å². The van der Waals surface area contributed by atoms with Crippen LogP contribution in [0.25, 0.3) is 10.9 Å². The number of amidine groups is 2. The predicted molar refractivity (Wildman–Crippen MR) is 319 cm³/mol. The number of methoxy groups -OCH3 is 1. The number of rotatable bonds is 3. The zero-order valence-corrected chi connectivity index (χ0v) is 46.1. The van der Waals surface area contributed by atoms with Gasteiger partial charge < -0.3 is 35.5 Å². The second-order valence-corrected chi connectivity index (χ2v) is 18.1. The molecule has 0 unspecified atom stereocenters. The molecule has 14 heteroatoms. The van der Waals surface area contributed by atoms with Crippen molar-refractivity contribution in [2.75, 3.05) is 49.9 Å². The Morgan fingerprint density at radius 1 is 0.697 bits per heavy atom. The molecule has 4 bridgehead atoms. The summed E-state index contributed by atoms with van der Waals surface area (Å²) in [6.45, 7) is 13.3. The minimum absolute atomic E-state index is 0.560. The lowest BCUT2D eigenvalue weighted by Gasteiger charge is -2.15. The Balaban J connectivity index is 0.000000255. The van der Waals surface area contributed by atoms with E-state index in [1.165, 1.54) is 25.2 Å². The summed E-state index contributed by atoms with van der Waals surface area (Å²) >= 11 is 0. The molecule has 4 aromatic carbocycles. The number of aromatic amines is 1.